The second-order valence-corrected chi connectivity index (χ2v) is 7.73. The van der Waals surface area contributed by atoms with Crippen LogP contribution in [0, 0.1) is 27.7 Å². The first-order chi connectivity index (χ1) is 12.3. The van der Waals surface area contributed by atoms with Crippen LogP contribution >= 0.6 is 27.5 Å². The molecule has 3 aromatic heterocycles. The van der Waals surface area contributed by atoms with Crippen LogP contribution in [0.5, 0.6) is 0 Å². The van der Waals surface area contributed by atoms with Gasteiger partial charge in [0.05, 0.1) is 39.0 Å². The monoisotopic (exact) mass is 440 g/mol. The zero-order valence-corrected chi connectivity index (χ0v) is 17.9. The molecule has 3 rings (SSSR count). The number of hydrogen-bond acceptors (Lipinski definition) is 5. The second kappa shape index (κ2) is 7.52. The Labute approximate surface area is 165 Å². The number of aryl methyl sites for hydroxylation is 4. The van der Waals surface area contributed by atoms with E-state index in [2.05, 4.69) is 43.2 Å². The molecule has 7 nitrogen and oxygen atoms in total. The van der Waals surface area contributed by atoms with Crippen molar-refractivity contribution in [3.8, 4) is 0 Å². The lowest BCUT2D eigenvalue weighted by molar-refractivity contribution is 0.385. The van der Waals surface area contributed by atoms with Crippen LogP contribution in [0.1, 0.15) is 47.4 Å². The molecule has 0 saturated heterocycles. The normalized spacial score (nSPS) is 12.7. The van der Waals surface area contributed by atoms with E-state index >= 15 is 0 Å². The molecule has 0 bridgehead atoms. The molecule has 0 aliphatic carbocycles. The Balaban J connectivity index is 1.65. The van der Waals surface area contributed by atoms with E-state index in [1.54, 1.807) is 0 Å². The minimum Gasteiger partial charge on any atom is -0.425 e. The SMILES string of the molecule is Cc1nn(CCc2nnc(C(C)Cn3nc(C)c(Br)c3C)o2)c(C)c1Cl. The Morgan fingerprint density at radius 1 is 1.04 bits per heavy atom. The highest BCUT2D eigenvalue weighted by Gasteiger charge is 2.18. The van der Waals surface area contributed by atoms with Crippen molar-refractivity contribution in [3.63, 3.8) is 0 Å². The summed E-state index contributed by atoms with van der Waals surface area (Å²) in [5, 5.41) is 18.0. The van der Waals surface area contributed by atoms with Crippen LogP contribution in [-0.4, -0.2) is 29.8 Å². The van der Waals surface area contributed by atoms with Crippen LogP contribution < -0.4 is 0 Å². The van der Waals surface area contributed by atoms with Gasteiger partial charge in [0.2, 0.25) is 11.8 Å². The number of nitrogens with zero attached hydrogens (tertiary/aromatic N) is 6. The van der Waals surface area contributed by atoms with Crippen molar-refractivity contribution in [2.24, 2.45) is 0 Å². The minimum atomic E-state index is 0.0734. The summed E-state index contributed by atoms with van der Waals surface area (Å²) in [6.45, 7) is 11.3. The van der Waals surface area contributed by atoms with Gasteiger partial charge in [0.25, 0.3) is 0 Å². The van der Waals surface area contributed by atoms with Gasteiger partial charge < -0.3 is 4.42 Å². The molecule has 0 fully saturated rings. The van der Waals surface area contributed by atoms with Crippen molar-refractivity contribution >= 4 is 27.5 Å². The third kappa shape index (κ3) is 3.71. The quantitative estimate of drug-likeness (QED) is 0.574. The summed E-state index contributed by atoms with van der Waals surface area (Å²) < 4.78 is 10.7. The molecule has 1 atom stereocenters. The first-order valence-electron chi connectivity index (χ1n) is 8.49. The van der Waals surface area contributed by atoms with Crippen molar-refractivity contribution < 1.29 is 4.42 Å². The van der Waals surface area contributed by atoms with Crippen LogP contribution in [0.2, 0.25) is 5.02 Å². The zero-order valence-electron chi connectivity index (χ0n) is 15.5. The van der Waals surface area contributed by atoms with E-state index < -0.39 is 0 Å². The molecule has 0 spiro atoms. The molecule has 9 heteroatoms. The third-order valence-electron chi connectivity index (χ3n) is 4.47. The summed E-state index contributed by atoms with van der Waals surface area (Å²) in [5.74, 6) is 1.30. The Morgan fingerprint density at radius 3 is 2.31 bits per heavy atom. The summed E-state index contributed by atoms with van der Waals surface area (Å²) in [6.07, 6.45) is 0.615. The van der Waals surface area contributed by atoms with Crippen LogP contribution in [0.15, 0.2) is 8.89 Å². The first kappa shape index (κ1) is 19.1. The van der Waals surface area contributed by atoms with Crippen molar-refractivity contribution in [2.75, 3.05) is 0 Å². The lowest BCUT2D eigenvalue weighted by Gasteiger charge is -2.09. The van der Waals surface area contributed by atoms with Gasteiger partial charge in [0.1, 0.15) is 0 Å². The molecular weight excluding hydrogens is 420 g/mol. The highest BCUT2D eigenvalue weighted by atomic mass is 79.9. The van der Waals surface area contributed by atoms with Crippen LogP contribution in [-0.2, 0) is 19.5 Å². The lowest BCUT2D eigenvalue weighted by Crippen LogP contribution is -2.09. The molecule has 0 aliphatic rings. The van der Waals surface area contributed by atoms with E-state index in [-0.39, 0.29) is 5.92 Å². The van der Waals surface area contributed by atoms with Gasteiger partial charge in [-0.3, -0.25) is 9.36 Å². The Morgan fingerprint density at radius 2 is 1.73 bits per heavy atom. The van der Waals surface area contributed by atoms with Gasteiger partial charge in [0, 0.05) is 18.7 Å². The molecular formula is C17H22BrClN6O. The fraction of sp³-hybridized carbons (Fsp3) is 0.529. The smallest absolute Gasteiger partial charge is 0.221 e. The fourth-order valence-electron chi connectivity index (χ4n) is 2.85. The fourth-order valence-corrected chi connectivity index (χ4v) is 3.27. The molecule has 26 heavy (non-hydrogen) atoms. The molecule has 3 aromatic rings. The molecule has 140 valence electrons. The molecule has 0 saturated carbocycles. The summed E-state index contributed by atoms with van der Waals surface area (Å²) in [6, 6.07) is 0. The van der Waals surface area contributed by atoms with E-state index in [4.69, 9.17) is 16.0 Å². The standard InChI is InChI=1S/C17H22BrClN6O/c1-9(8-25-12(4)15(18)10(2)22-25)17-21-20-14(26-17)6-7-24-13(5)16(19)11(3)23-24/h9H,6-8H2,1-5H3. The second-order valence-electron chi connectivity index (χ2n) is 6.56. The topological polar surface area (TPSA) is 74.6 Å². The zero-order chi connectivity index (χ0) is 19.0. The van der Waals surface area contributed by atoms with Gasteiger partial charge in [-0.1, -0.05) is 18.5 Å². The highest BCUT2D eigenvalue weighted by Crippen LogP contribution is 2.23. The summed E-state index contributed by atoms with van der Waals surface area (Å²) >= 11 is 9.74. The van der Waals surface area contributed by atoms with Crippen LogP contribution in [0.25, 0.3) is 0 Å². The largest absolute Gasteiger partial charge is 0.425 e. The molecule has 0 aliphatic heterocycles. The lowest BCUT2D eigenvalue weighted by atomic mass is 10.2. The molecule has 0 N–H and O–H groups in total. The van der Waals surface area contributed by atoms with Gasteiger partial charge in [-0.2, -0.15) is 10.2 Å². The maximum Gasteiger partial charge on any atom is 0.221 e. The maximum absolute atomic E-state index is 6.18. The average Bonchev–Trinajstić information content (AvgIpc) is 3.25. The van der Waals surface area contributed by atoms with Crippen molar-refractivity contribution in [2.45, 2.75) is 60.0 Å². The van der Waals surface area contributed by atoms with Gasteiger partial charge in [-0.25, -0.2) is 0 Å². The van der Waals surface area contributed by atoms with Gasteiger partial charge in [0.15, 0.2) is 0 Å². The minimum absolute atomic E-state index is 0.0734. The summed E-state index contributed by atoms with van der Waals surface area (Å²) in [4.78, 5) is 0. The van der Waals surface area contributed by atoms with Gasteiger partial charge >= 0.3 is 0 Å². The number of rotatable bonds is 6. The highest BCUT2D eigenvalue weighted by molar-refractivity contribution is 9.10. The van der Waals surface area contributed by atoms with Crippen molar-refractivity contribution in [1.82, 2.24) is 29.8 Å². The van der Waals surface area contributed by atoms with Crippen molar-refractivity contribution in [3.05, 3.63) is 44.1 Å². The predicted octanol–water partition coefficient (Wildman–Crippen LogP) is 4.16. The Hall–Kier alpha value is -1.67. The Bertz CT molecular complexity index is 928. The van der Waals surface area contributed by atoms with E-state index in [1.807, 2.05) is 37.1 Å². The predicted molar refractivity (Wildman–Crippen MR) is 103 cm³/mol. The molecule has 0 aromatic carbocycles. The van der Waals surface area contributed by atoms with E-state index in [0.717, 1.165) is 27.2 Å². The summed E-state index contributed by atoms with van der Waals surface area (Å²) in [5.41, 5.74) is 3.85. The number of halogens is 2. The average molecular weight is 442 g/mol. The third-order valence-corrected chi connectivity index (χ3v) is 6.17. The molecule has 0 radical (unpaired) electrons. The van der Waals surface area contributed by atoms with Crippen LogP contribution in [0.3, 0.4) is 0 Å². The van der Waals surface area contributed by atoms with E-state index in [0.29, 0.717) is 36.3 Å². The van der Waals surface area contributed by atoms with Crippen molar-refractivity contribution in [1.29, 1.82) is 0 Å². The summed E-state index contributed by atoms with van der Waals surface area (Å²) in [7, 11) is 0. The van der Waals surface area contributed by atoms with Crippen LogP contribution in [0.4, 0.5) is 0 Å². The number of aromatic nitrogens is 6. The Kier molecular flexibility index (Phi) is 5.53. The van der Waals surface area contributed by atoms with E-state index in [9.17, 15) is 0 Å². The number of hydrogen-bond donors (Lipinski definition) is 0. The van der Waals surface area contributed by atoms with Gasteiger partial charge in [-0.15, -0.1) is 10.2 Å². The molecule has 0 amide bonds. The van der Waals surface area contributed by atoms with E-state index in [1.165, 1.54) is 0 Å². The van der Waals surface area contributed by atoms with Gasteiger partial charge in [-0.05, 0) is 43.6 Å². The molecule has 3 heterocycles. The maximum atomic E-state index is 6.18. The molecule has 1 unspecified atom stereocenters. The first-order valence-corrected chi connectivity index (χ1v) is 9.66.